The monoisotopic (exact) mass is 255 g/mol. The van der Waals surface area contributed by atoms with Crippen LogP contribution in [0.4, 0.5) is 5.69 Å². The molecular weight excluding hydrogens is 238 g/mol. The minimum atomic E-state index is 0.0164. The molecule has 1 aromatic heterocycles. The average molecular weight is 255 g/mol. The van der Waals surface area contributed by atoms with E-state index in [1.165, 1.54) is 5.69 Å². The van der Waals surface area contributed by atoms with Crippen LogP contribution in [0.2, 0.25) is 0 Å². The molecule has 19 heavy (non-hydrogen) atoms. The summed E-state index contributed by atoms with van der Waals surface area (Å²) >= 11 is 0. The highest BCUT2D eigenvalue weighted by atomic mass is 16.2. The van der Waals surface area contributed by atoms with Gasteiger partial charge in [-0.15, -0.1) is 0 Å². The summed E-state index contributed by atoms with van der Waals surface area (Å²) in [6.45, 7) is 2.83. The van der Waals surface area contributed by atoms with E-state index in [-0.39, 0.29) is 5.91 Å². The first-order valence-corrected chi connectivity index (χ1v) is 6.64. The Morgan fingerprint density at radius 1 is 1.26 bits per heavy atom. The molecule has 2 aromatic rings. The second-order valence-corrected chi connectivity index (χ2v) is 4.79. The zero-order valence-corrected chi connectivity index (χ0v) is 11.3. The zero-order chi connectivity index (χ0) is 13.4. The van der Waals surface area contributed by atoms with E-state index in [1.807, 2.05) is 47.0 Å². The number of anilines is 1. The molecular formula is C15H17N3O. The smallest absolute Gasteiger partial charge is 0.279 e. The van der Waals surface area contributed by atoms with Crippen LogP contribution in [0.3, 0.4) is 0 Å². The second kappa shape index (κ2) is 4.53. The Hall–Kier alpha value is -2.10. The van der Waals surface area contributed by atoms with Crippen LogP contribution in [-0.2, 0) is 19.9 Å². The van der Waals surface area contributed by atoms with E-state index in [4.69, 9.17) is 0 Å². The highest BCUT2D eigenvalue weighted by Gasteiger charge is 2.30. The van der Waals surface area contributed by atoms with Gasteiger partial charge in [0.1, 0.15) is 0 Å². The van der Waals surface area contributed by atoms with Crippen molar-refractivity contribution < 1.29 is 4.79 Å². The number of hydrogen-bond acceptors (Lipinski definition) is 2. The Morgan fingerprint density at radius 2 is 2.00 bits per heavy atom. The molecule has 0 aliphatic carbocycles. The summed E-state index contributed by atoms with van der Waals surface area (Å²) in [5.41, 5.74) is 3.87. The van der Waals surface area contributed by atoms with Crippen molar-refractivity contribution in [3.63, 3.8) is 0 Å². The van der Waals surface area contributed by atoms with Gasteiger partial charge in [0.25, 0.3) is 5.91 Å². The van der Waals surface area contributed by atoms with E-state index in [2.05, 4.69) is 12.0 Å². The number of para-hydroxylation sites is 1. The van der Waals surface area contributed by atoms with Gasteiger partial charge in [-0.25, -0.2) is 0 Å². The van der Waals surface area contributed by atoms with Gasteiger partial charge in [0.2, 0.25) is 0 Å². The molecule has 0 radical (unpaired) electrons. The first kappa shape index (κ1) is 12.0. The quantitative estimate of drug-likeness (QED) is 0.825. The summed E-state index contributed by atoms with van der Waals surface area (Å²) in [4.78, 5) is 14.4. The Kier molecular flexibility index (Phi) is 2.85. The number of carbonyl (C=O) groups is 1. The lowest BCUT2D eigenvalue weighted by Gasteiger charge is -2.26. The van der Waals surface area contributed by atoms with Crippen molar-refractivity contribution in [1.82, 2.24) is 9.78 Å². The summed E-state index contributed by atoms with van der Waals surface area (Å²) in [5.74, 6) is 0.0164. The molecule has 1 aliphatic heterocycles. The zero-order valence-electron chi connectivity index (χ0n) is 11.3. The molecule has 1 aliphatic rings. The Labute approximate surface area is 112 Å². The molecule has 4 nitrogen and oxygen atoms in total. The van der Waals surface area contributed by atoms with Crippen molar-refractivity contribution in [3.05, 3.63) is 47.3 Å². The largest absolute Gasteiger partial charge is 0.307 e. The van der Waals surface area contributed by atoms with E-state index in [0.717, 1.165) is 30.6 Å². The summed E-state index contributed by atoms with van der Waals surface area (Å²) in [7, 11) is 1.91. The molecule has 0 saturated carbocycles. The fourth-order valence-corrected chi connectivity index (χ4v) is 2.79. The van der Waals surface area contributed by atoms with Gasteiger partial charge in [-0.1, -0.05) is 25.1 Å². The number of hydrogen-bond donors (Lipinski definition) is 0. The van der Waals surface area contributed by atoms with Crippen molar-refractivity contribution in [2.24, 2.45) is 7.05 Å². The van der Waals surface area contributed by atoms with Crippen LogP contribution in [0, 0.1) is 0 Å². The lowest BCUT2D eigenvalue weighted by Crippen LogP contribution is -2.37. The molecule has 0 bridgehead atoms. The Bertz CT molecular complexity index is 616. The fraction of sp³-hybridized carbons (Fsp3) is 0.333. The number of amides is 1. The Balaban J connectivity index is 2.01. The van der Waals surface area contributed by atoms with E-state index >= 15 is 0 Å². The molecule has 2 heterocycles. The molecule has 0 saturated heterocycles. The van der Waals surface area contributed by atoms with Gasteiger partial charge in [-0.3, -0.25) is 9.48 Å². The van der Waals surface area contributed by atoms with Crippen LogP contribution < -0.4 is 4.90 Å². The predicted molar refractivity (Wildman–Crippen MR) is 74.4 cm³/mol. The highest BCUT2D eigenvalue weighted by Crippen LogP contribution is 2.26. The summed E-state index contributed by atoms with van der Waals surface area (Å²) in [6, 6.07) is 9.79. The van der Waals surface area contributed by atoms with Crippen molar-refractivity contribution in [2.45, 2.75) is 19.8 Å². The second-order valence-electron chi connectivity index (χ2n) is 4.79. The molecule has 98 valence electrons. The molecule has 1 aromatic carbocycles. The summed E-state index contributed by atoms with van der Waals surface area (Å²) in [6.07, 6.45) is 1.80. The lowest BCUT2D eigenvalue weighted by molar-refractivity contribution is 0.0975. The van der Waals surface area contributed by atoms with Gasteiger partial charge in [0.15, 0.2) is 5.69 Å². The van der Waals surface area contributed by atoms with Gasteiger partial charge >= 0.3 is 0 Å². The number of rotatable bonds is 2. The third-order valence-corrected chi connectivity index (χ3v) is 3.71. The third kappa shape index (κ3) is 1.84. The molecule has 0 atom stereocenters. The van der Waals surface area contributed by atoms with Crippen molar-refractivity contribution >= 4 is 11.6 Å². The standard InChI is InChI=1S/C15H17N3O/c1-3-13-12-9-10-18(11-7-5-4-6-8-11)15(19)14(12)16-17(13)2/h4-8H,3,9-10H2,1-2H3. The first-order valence-electron chi connectivity index (χ1n) is 6.64. The molecule has 4 heteroatoms. The maximum Gasteiger partial charge on any atom is 0.279 e. The highest BCUT2D eigenvalue weighted by molar-refractivity contribution is 6.07. The fourth-order valence-electron chi connectivity index (χ4n) is 2.79. The van der Waals surface area contributed by atoms with Crippen LogP contribution in [0.1, 0.15) is 28.7 Å². The number of nitrogens with zero attached hydrogens (tertiary/aromatic N) is 3. The maximum absolute atomic E-state index is 12.5. The predicted octanol–water partition coefficient (Wildman–Crippen LogP) is 2.19. The van der Waals surface area contributed by atoms with E-state index < -0.39 is 0 Å². The minimum Gasteiger partial charge on any atom is -0.307 e. The van der Waals surface area contributed by atoms with E-state index in [0.29, 0.717) is 5.69 Å². The van der Waals surface area contributed by atoms with Gasteiger partial charge < -0.3 is 4.90 Å². The normalized spacial score (nSPS) is 14.6. The van der Waals surface area contributed by atoms with Gasteiger partial charge in [-0.2, -0.15) is 5.10 Å². The van der Waals surface area contributed by atoms with E-state index in [1.54, 1.807) is 0 Å². The summed E-state index contributed by atoms with van der Waals surface area (Å²) in [5, 5.41) is 4.40. The van der Waals surface area contributed by atoms with Gasteiger partial charge in [0, 0.05) is 30.5 Å². The van der Waals surface area contributed by atoms with Crippen molar-refractivity contribution in [1.29, 1.82) is 0 Å². The van der Waals surface area contributed by atoms with Crippen LogP contribution in [0.15, 0.2) is 30.3 Å². The minimum absolute atomic E-state index is 0.0164. The van der Waals surface area contributed by atoms with Crippen molar-refractivity contribution in [2.75, 3.05) is 11.4 Å². The lowest BCUT2D eigenvalue weighted by atomic mass is 10.0. The number of benzene rings is 1. The Morgan fingerprint density at radius 3 is 2.68 bits per heavy atom. The molecule has 0 unspecified atom stereocenters. The SMILES string of the molecule is CCc1c2c(nn1C)C(=O)N(c1ccccc1)CC2. The van der Waals surface area contributed by atoms with Crippen molar-refractivity contribution in [3.8, 4) is 0 Å². The molecule has 0 spiro atoms. The number of aromatic nitrogens is 2. The van der Waals surface area contributed by atoms with Gasteiger partial charge in [-0.05, 0) is 25.0 Å². The van der Waals surface area contributed by atoms with Crippen LogP contribution in [-0.4, -0.2) is 22.2 Å². The first-order chi connectivity index (χ1) is 9.22. The van der Waals surface area contributed by atoms with Crippen LogP contribution in [0.5, 0.6) is 0 Å². The topological polar surface area (TPSA) is 38.1 Å². The molecule has 3 rings (SSSR count). The molecule has 1 amide bonds. The van der Waals surface area contributed by atoms with Crippen LogP contribution >= 0.6 is 0 Å². The van der Waals surface area contributed by atoms with Gasteiger partial charge in [0.05, 0.1) is 0 Å². The molecule has 0 N–H and O–H groups in total. The van der Waals surface area contributed by atoms with E-state index in [9.17, 15) is 4.79 Å². The number of aryl methyl sites for hydroxylation is 1. The average Bonchev–Trinajstić information content (AvgIpc) is 2.77. The van der Waals surface area contributed by atoms with Crippen LogP contribution in [0.25, 0.3) is 0 Å². The number of carbonyl (C=O) groups excluding carboxylic acids is 1. The summed E-state index contributed by atoms with van der Waals surface area (Å²) < 4.78 is 1.84. The number of fused-ring (bicyclic) bond motifs is 1. The third-order valence-electron chi connectivity index (χ3n) is 3.71. The molecule has 0 fully saturated rings. The maximum atomic E-state index is 12.5.